The summed E-state index contributed by atoms with van der Waals surface area (Å²) in [6.45, 7) is 1.85. The predicted molar refractivity (Wildman–Crippen MR) is 41.2 cm³/mol. The molecule has 4 heteroatoms. The van der Waals surface area contributed by atoms with Gasteiger partial charge in [0.25, 0.3) is 5.78 Å². The van der Waals surface area contributed by atoms with Gasteiger partial charge in [-0.15, -0.1) is 6.42 Å². The number of Topliss-reactive ketones (excluding diaryl/α,β-unsaturated/α-hetero) is 1. The number of amides is 1. The summed E-state index contributed by atoms with van der Waals surface area (Å²) in [6.07, 6.45) is 4.80. The Morgan fingerprint density at radius 1 is 1.33 bits per heavy atom. The number of hydrogen-bond donors (Lipinski definition) is 0. The number of terminal acetylenes is 1. The van der Waals surface area contributed by atoms with Crippen molar-refractivity contribution in [3.8, 4) is 12.3 Å². The molecule has 1 saturated heterocycles. The molecule has 0 aromatic rings. The number of carbonyl (C=O) groups excluding carboxylic acids is 2. The molecule has 0 bridgehead atoms. The molecule has 0 spiro atoms. The number of nitrogens with zero attached hydrogens (tertiary/aromatic N) is 1. The van der Waals surface area contributed by atoms with Gasteiger partial charge in [-0.1, -0.05) is 0 Å². The third-order valence-electron chi connectivity index (χ3n) is 1.62. The van der Waals surface area contributed by atoms with Crippen LogP contribution in [0.1, 0.15) is 0 Å². The van der Waals surface area contributed by atoms with Crippen molar-refractivity contribution < 1.29 is 14.3 Å². The second kappa shape index (κ2) is 3.88. The van der Waals surface area contributed by atoms with Gasteiger partial charge in [-0.05, 0) is 5.92 Å². The fourth-order valence-electron chi connectivity index (χ4n) is 0.972. The van der Waals surface area contributed by atoms with Crippen LogP contribution >= 0.6 is 0 Å². The number of hydrogen-bond acceptors (Lipinski definition) is 3. The van der Waals surface area contributed by atoms with Crippen molar-refractivity contribution in [2.24, 2.45) is 0 Å². The Morgan fingerprint density at radius 3 is 2.42 bits per heavy atom. The van der Waals surface area contributed by atoms with Gasteiger partial charge in [0.15, 0.2) is 0 Å². The molecule has 1 heterocycles. The maximum Gasteiger partial charge on any atom is 0.303 e. The number of ketones is 1. The summed E-state index contributed by atoms with van der Waals surface area (Å²) >= 11 is 0. The first-order valence-electron chi connectivity index (χ1n) is 3.63. The van der Waals surface area contributed by atoms with Crippen LogP contribution in [-0.4, -0.2) is 42.9 Å². The Labute approximate surface area is 70.5 Å². The first-order chi connectivity index (χ1) is 5.75. The topological polar surface area (TPSA) is 46.6 Å². The van der Waals surface area contributed by atoms with E-state index in [1.54, 1.807) is 5.92 Å². The van der Waals surface area contributed by atoms with Crippen LogP contribution in [0.15, 0.2) is 0 Å². The Bertz CT molecular complexity index is 235. The van der Waals surface area contributed by atoms with E-state index in [1.807, 2.05) is 0 Å². The first-order valence-corrected chi connectivity index (χ1v) is 3.63. The molecule has 0 saturated carbocycles. The Morgan fingerprint density at radius 2 is 1.92 bits per heavy atom. The number of carbonyl (C=O) groups is 2. The molecule has 4 nitrogen and oxygen atoms in total. The van der Waals surface area contributed by atoms with Crippen LogP contribution in [0.2, 0.25) is 0 Å². The van der Waals surface area contributed by atoms with E-state index in [0.717, 1.165) is 0 Å². The zero-order valence-electron chi connectivity index (χ0n) is 6.58. The van der Waals surface area contributed by atoms with Crippen LogP contribution in [-0.2, 0) is 14.3 Å². The molecular weight excluding hydrogens is 158 g/mol. The Hall–Kier alpha value is -1.34. The molecule has 0 aliphatic carbocycles. The third-order valence-corrected chi connectivity index (χ3v) is 1.62. The molecule has 0 atom stereocenters. The van der Waals surface area contributed by atoms with E-state index < -0.39 is 11.7 Å². The third kappa shape index (κ3) is 1.83. The van der Waals surface area contributed by atoms with Gasteiger partial charge < -0.3 is 9.64 Å². The summed E-state index contributed by atoms with van der Waals surface area (Å²) in [5, 5.41) is 0. The molecule has 1 fully saturated rings. The van der Waals surface area contributed by atoms with Crippen molar-refractivity contribution in [2.45, 2.75) is 0 Å². The quantitative estimate of drug-likeness (QED) is 0.287. The van der Waals surface area contributed by atoms with E-state index in [-0.39, 0.29) is 0 Å². The maximum atomic E-state index is 11.1. The van der Waals surface area contributed by atoms with Crippen molar-refractivity contribution in [3.05, 3.63) is 0 Å². The van der Waals surface area contributed by atoms with Crippen LogP contribution in [0.3, 0.4) is 0 Å². The van der Waals surface area contributed by atoms with Gasteiger partial charge in [-0.3, -0.25) is 9.59 Å². The van der Waals surface area contributed by atoms with Gasteiger partial charge in [0, 0.05) is 13.1 Å². The standard InChI is InChI=1S/C8H9NO3/c1-2-7(10)8(11)9-3-5-12-6-4-9/h1H,3-6H2. The van der Waals surface area contributed by atoms with Crippen molar-refractivity contribution in [3.63, 3.8) is 0 Å². The lowest BCUT2D eigenvalue weighted by Crippen LogP contribution is -2.43. The van der Waals surface area contributed by atoms with Crippen molar-refractivity contribution in [1.29, 1.82) is 0 Å². The van der Waals surface area contributed by atoms with Crippen LogP contribution in [0, 0.1) is 12.3 Å². The van der Waals surface area contributed by atoms with Gasteiger partial charge in [-0.2, -0.15) is 0 Å². The number of morpholine rings is 1. The molecular formula is C8H9NO3. The monoisotopic (exact) mass is 167 g/mol. The second-order valence-electron chi connectivity index (χ2n) is 2.38. The predicted octanol–water partition coefficient (Wildman–Crippen LogP) is -0.952. The molecule has 1 amide bonds. The number of ether oxygens (including phenoxy) is 1. The fraction of sp³-hybridized carbons (Fsp3) is 0.500. The first kappa shape index (κ1) is 8.75. The minimum absolute atomic E-state index is 0.451. The van der Waals surface area contributed by atoms with Crippen LogP contribution in [0.4, 0.5) is 0 Å². The largest absolute Gasteiger partial charge is 0.378 e. The van der Waals surface area contributed by atoms with Crippen molar-refractivity contribution in [2.75, 3.05) is 26.3 Å². The molecule has 0 unspecified atom stereocenters. The Balaban J connectivity index is 2.52. The lowest BCUT2D eigenvalue weighted by atomic mass is 10.3. The molecule has 1 aliphatic heterocycles. The highest BCUT2D eigenvalue weighted by Crippen LogP contribution is 1.97. The zero-order valence-corrected chi connectivity index (χ0v) is 6.58. The molecule has 64 valence electrons. The highest BCUT2D eigenvalue weighted by molar-refractivity contribution is 6.42. The molecule has 0 aromatic carbocycles. The van der Waals surface area contributed by atoms with E-state index >= 15 is 0 Å². The average molecular weight is 167 g/mol. The minimum atomic E-state index is -0.781. The van der Waals surface area contributed by atoms with Crippen molar-refractivity contribution in [1.82, 2.24) is 4.90 Å². The highest BCUT2D eigenvalue weighted by Gasteiger charge is 2.21. The summed E-state index contributed by atoms with van der Waals surface area (Å²) in [4.78, 5) is 23.3. The van der Waals surface area contributed by atoms with Gasteiger partial charge in [0.05, 0.1) is 13.2 Å². The Kier molecular flexibility index (Phi) is 2.83. The average Bonchev–Trinajstić information content (AvgIpc) is 2.17. The van der Waals surface area contributed by atoms with Crippen molar-refractivity contribution >= 4 is 11.7 Å². The molecule has 0 N–H and O–H groups in total. The minimum Gasteiger partial charge on any atom is -0.378 e. The van der Waals surface area contributed by atoms with E-state index in [9.17, 15) is 9.59 Å². The molecule has 12 heavy (non-hydrogen) atoms. The normalized spacial score (nSPS) is 16.8. The summed E-state index contributed by atoms with van der Waals surface area (Å²) in [5.74, 6) is 0.414. The lowest BCUT2D eigenvalue weighted by Gasteiger charge is -2.25. The second-order valence-corrected chi connectivity index (χ2v) is 2.38. The molecule has 1 aliphatic rings. The SMILES string of the molecule is C#CC(=O)C(=O)N1CCOCC1. The van der Waals surface area contributed by atoms with E-state index in [4.69, 9.17) is 11.2 Å². The molecule has 0 radical (unpaired) electrons. The van der Waals surface area contributed by atoms with Gasteiger partial charge >= 0.3 is 5.91 Å². The highest BCUT2D eigenvalue weighted by atomic mass is 16.5. The number of rotatable bonds is 1. The van der Waals surface area contributed by atoms with Crippen LogP contribution in [0.5, 0.6) is 0 Å². The van der Waals surface area contributed by atoms with Gasteiger partial charge in [0.1, 0.15) is 0 Å². The summed E-state index contributed by atoms with van der Waals surface area (Å²) in [6, 6.07) is 0. The molecule has 0 aromatic heterocycles. The van der Waals surface area contributed by atoms with Crippen LogP contribution in [0.25, 0.3) is 0 Å². The molecule has 1 rings (SSSR count). The fourth-order valence-corrected chi connectivity index (χ4v) is 0.972. The van der Waals surface area contributed by atoms with E-state index in [2.05, 4.69) is 0 Å². The van der Waals surface area contributed by atoms with E-state index in [1.165, 1.54) is 4.90 Å². The lowest BCUT2D eigenvalue weighted by molar-refractivity contribution is -0.144. The van der Waals surface area contributed by atoms with E-state index in [0.29, 0.717) is 26.3 Å². The summed E-state index contributed by atoms with van der Waals surface area (Å²) < 4.78 is 5.01. The maximum absolute atomic E-state index is 11.1. The van der Waals surface area contributed by atoms with Gasteiger partial charge in [0.2, 0.25) is 0 Å². The summed E-state index contributed by atoms with van der Waals surface area (Å²) in [7, 11) is 0. The van der Waals surface area contributed by atoms with Gasteiger partial charge in [-0.25, -0.2) is 0 Å². The summed E-state index contributed by atoms with van der Waals surface area (Å²) in [5.41, 5.74) is 0. The van der Waals surface area contributed by atoms with Crippen LogP contribution < -0.4 is 0 Å². The zero-order chi connectivity index (χ0) is 8.97. The smallest absolute Gasteiger partial charge is 0.303 e.